The Balaban J connectivity index is 2.86. The maximum atomic E-state index is 12.9. The van der Waals surface area contributed by atoms with Gasteiger partial charge in [-0.25, -0.2) is 4.39 Å². The van der Waals surface area contributed by atoms with Crippen LogP contribution in [0.15, 0.2) is 18.2 Å². The molecule has 94 valence electrons. The van der Waals surface area contributed by atoms with E-state index in [0.717, 1.165) is 6.07 Å². The van der Waals surface area contributed by atoms with Gasteiger partial charge in [-0.2, -0.15) is 13.2 Å². The SMILES string of the molecule is CCC(=O)NCc1ccc(F)c(C(F)(F)F)c1. The van der Waals surface area contributed by atoms with Crippen molar-refractivity contribution in [1.29, 1.82) is 0 Å². The molecule has 0 spiro atoms. The molecule has 1 aromatic carbocycles. The lowest BCUT2D eigenvalue weighted by molar-refractivity contribution is -0.140. The molecule has 0 fully saturated rings. The number of rotatable bonds is 3. The number of carbonyl (C=O) groups excluding carboxylic acids is 1. The molecule has 0 saturated carbocycles. The third-order valence-electron chi connectivity index (χ3n) is 2.15. The van der Waals surface area contributed by atoms with Crippen molar-refractivity contribution < 1.29 is 22.4 Å². The van der Waals surface area contributed by atoms with E-state index < -0.39 is 17.6 Å². The van der Waals surface area contributed by atoms with Crippen molar-refractivity contribution >= 4 is 5.91 Å². The van der Waals surface area contributed by atoms with Crippen LogP contribution in [0.1, 0.15) is 24.5 Å². The quantitative estimate of drug-likeness (QED) is 0.820. The first-order valence-corrected chi connectivity index (χ1v) is 4.97. The van der Waals surface area contributed by atoms with Gasteiger partial charge >= 0.3 is 6.18 Å². The van der Waals surface area contributed by atoms with Gasteiger partial charge in [-0.05, 0) is 17.7 Å². The molecular formula is C11H11F4NO. The van der Waals surface area contributed by atoms with Gasteiger partial charge in [0.15, 0.2) is 0 Å². The summed E-state index contributed by atoms with van der Waals surface area (Å²) in [4.78, 5) is 10.9. The standard InChI is InChI=1S/C11H11F4NO/c1-2-10(17)16-6-7-3-4-9(12)8(5-7)11(13,14)15/h3-5H,2,6H2,1H3,(H,16,17). The van der Waals surface area contributed by atoms with Crippen LogP contribution < -0.4 is 5.32 Å². The Hall–Kier alpha value is -1.59. The van der Waals surface area contributed by atoms with E-state index >= 15 is 0 Å². The van der Waals surface area contributed by atoms with E-state index in [0.29, 0.717) is 6.07 Å². The minimum Gasteiger partial charge on any atom is -0.352 e. The number of amides is 1. The minimum atomic E-state index is -4.73. The second kappa shape index (κ2) is 5.16. The molecule has 1 amide bonds. The van der Waals surface area contributed by atoms with E-state index in [4.69, 9.17) is 0 Å². The Morgan fingerprint density at radius 3 is 2.53 bits per heavy atom. The van der Waals surface area contributed by atoms with E-state index in [-0.39, 0.29) is 24.4 Å². The van der Waals surface area contributed by atoms with Gasteiger partial charge in [0.1, 0.15) is 5.82 Å². The van der Waals surface area contributed by atoms with Gasteiger partial charge in [0.05, 0.1) is 5.56 Å². The highest BCUT2D eigenvalue weighted by Gasteiger charge is 2.34. The predicted molar refractivity (Wildman–Crippen MR) is 53.5 cm³/mol. The van der Waals surface area contributed by atoms with Crippen molar-refractivity contribution in [2.75, 3.05) is 0 Å². The van der Waals surface area contributed by atoms with Crippen molar-refractivity contribution in [2.24, 2.45) is 0 Å². The van der Waals surface area contributed by atoms with Crippen molar-refractivity contribution in [3.63, 3.8) is 0 Å². The molecule has 0 aliphatic carbocycles. The number of hydrogen-bond acceptors (Lipinski definition) is 1. The van der Waals surface area contributed by atoms with Gasteiger partial charge in [-0.1, -0.05) is 13.0 Å². The zero-order valence-corrected chi connectivity index (χ0v) is 9.07. The summed E-state index contributed by atoms with van der Waals surface area (Å²) in [6, 6.07) is 2.65. The van der Waals surface area contributed by atoms with E-state index in [1.165, 1.54) is 6.07 Å². The van der Waals surface area contributed by atoms with Crippen LogP contribution in [-0.4, -0.2) is 5.91 Å². The summed E-state index contributed by atoms with van der Waals surface area (Å²) in [7, 11) is 0. The molecule has 0 bridgehead atoms. The average molecular weight is 249 g/mol. The molecular weight excluding hydrogens is 238 g/mol. The van der Waals surface area contributed by atoms with Crippen molar-refractivity contribution in [3.8, 4) is 0 Å². The van der Waals surface area contributed by atoms with Gasteiger partial charge in [-0.3, -0.25) is 4.79 Å². The molecule has 1 rings (SSSR count). The maximum Gasteiger partial charge on any atom is 0.419 e. The zero-order valence-electron chi connectivity index (χ0n) is 9.07. The lowest BCUT2D eigenvalue weighted by atomic mass is 10.1. The van der Waals surface area contributed by atoms with E-state index in [9.17, 15) is 22.4 Å². The number of benzene rings is 1. The van der Waals surface area contributed by atoms with Crippen LogP contribution in [0.5, 0.6) is 0 Å². The Morgan fingerprint density at radius 1 is 1.35 bits per heavy atom. The second-order valence-corrected chi connectivity index (χ2v) is 3.44. The topological polar surface area (TPSA) is 29.1 Å². The monoisotopic (exact) mass is 249 g/mol. The van der Waals surface area contributed by atoms with Gasteiger partial charge in [0.2, 0.25) is 5.91 Å². The summed E-state index contributed by atoms with van der Waals surface area (Å²) in [6.07, 6.45) is -4.48. The molecule has 0 saturated heterocycles. The number of hydrogen-bond donors (Lipinski definition) is 1. The average Bonchev–Trinajstić information content (AvgIpc) is 2.26. The second-order valence-electron chi connectivity index (χ2n) is 3.44. The smallest absolute Gasteiger partial charge is 0.352 e. The Morgan fingerprint density at radius 2 is 2.00 bits per heavy atom. The van der Waals surface area contributed by atoms with Crippen LogP contribution in [-0.2, 0) is 17.5 Å². The van der Waals surface area contributed by atoms with Gasteiger partial charge in [-0.15, -0.1) is 0 Å². The fourth-order valence-corrected chi connectivity index (χ4v) is 1.23. The molecule has 0 atom stereocenters. The highest BCUT2D eigenvalue weighted by molar-refractivity contribution is 5.75. The molecule has 0 aromatic heterocycles. The molecule has 1 N–H and O–H groups in total. The summed E-state index contributed by atoms with van der Waals surface area (Å²) in [5.74, 6) is -1.59. The normalized spacial score (nSPS) is 11.4. The summed E-state index contributed by atoms with van der Waals surface area (Å²) in [6.45, 7) is 1.58. The highest BCUT2D eigenvalue weighted by Crippen LogP contribution is 2.31. The fraction of sp³-hybridized carbons (Fsp3) is 0.364. The lowest BCUT2D eigenvalue weighted by Gasteiger charge is -2.10. The molecule has 0 aliphatic rings. The lowest BCUT2D eigenvalue weighted by Crippen LogP contribution is -2.21. The van der Waals surface area contributed by atoms with Gasteiger partial charge in [0, 0.05) is 13.0 Å². The molecule has 17 heavy (non-hydrogen) atoms. The van der Waals surface area contributed by atoms with Crippen LogP contribution in [0.4, 0.5) is 17.6 Å². The van der Waals surface area contributed by atoms with E-state index in [1.54, 1.807) is 6.92 Å². The first-order valence-electron chi connectivity index (χ1n) is 4.97. The number of alkyl halides is 3. The first-order chi connectivity index (χ1) is 7.84. The molecule has 0 heterocycles. The molecule has 6 heteroatoms. The van der Waals surface area contributed by atoms with Crippen LogP contribution in [0.2, 0.25) is 0 Å². The van der Waals surface area contributed by atoms with E-state index in [2.05, 4.69) is 5.32 Å². The Kier molecular flexibility index (Phi) is 4.09. The minimum absolute atomic E-state index is 0.0456. The van der Waals surface area contributed by atoms with Crippen LogP contribution in [0, 0.1) is 5.82 Å². The van der Waals surface area contributed by atoms with Crippen LogP contribution in [0.3, 0.4) is 0 Å². The summed E-state index contributed by atoms with van der Waals surface area (Å²) >= 11 is 0. The molecule has 1 aromatic rings. The number of nitrogens with one attached hydrogen (secondary N) is 1. The predicted octanol–water partition coefficient (Wildman–Crippen LogP) is 2.87. The number of carbonyl (C=O) groups is 1. The zero-order chi connectivity index (χ0) is 13.1. The third-order valence-corrected chi connectivity index (χ3v) is 2.15. The van der Waals surface area contributed by atoms with Crippen molar-refractivity contribution in [2.45, 2.75) is 26.1 Å². The summed E-state index contributed by atoms with van der Waals surface area (Å²) < 4.78 is 50.0. The van der Waals surface area contributed by atoms with Gasteiger partial charge < -0.3 is 5.32 Å². The highest BCUT2D eigenvalue weighted by atomic mass is 19.4. The third kappa shape index (κ3) is 3.72. The largest absolute Gasteiger partial charge is 0.419 e. The van der Waals surface area contributed by atoms with Crippen LogP contribution >= 0.6 is 0 Å². The van der Waals surface area contributed by atoms with Crippen molar-refractivity contribution in [3.05, 3.63) is 35.1 Å². The van der Waals surface area contributed by atoms with Crippen LogP contribution in [0.25, 0.3) is 0 Å². The fourth-order valence-electron chi connectivity index (χ4n) is 1.23. The molecule has 0 aliphatic heterocycles. The summed E-state index contributed by atoms with van der Waals surface area (Å²) in [5, 5.41) is 2.42. The van der Waals surface area contributed by atoms with Crippen molar-refractivity contribution in [1.82, 2.24) is 5.32 Å². The molecule has 0 radical (unpaired) electrons. The number of halogens is 4. The Labute approximate surface area is 95.6 Å². The molecule has 0 unspecified atom stereocenters. The summed E-state index contributed by atoms with van der Waals surface area (Å²) in [5.41, 5.74) is -1.11. The van der Waals surface area contributed by atoms with E-state index in [1.807, 2.05) is 0 Å². The first kappa shape index (κ1) is 13.5. The molecule has 2 nitrogen and oxygen atoms in total. The maximum absolute atomic E-state index is 12.9. The van der Waals surface area contributed by atoms with Gasteiger partial charge in [0.25, 0.3) is 0 Å². The Bertz CT molecular complexity index is 414.